The zero-order valence-electron chi connectivity index (χ0n) is 16.0. The number of aryl methyl sites for hydroxylation is 1. The molecular weight excluding hydrogens is 446 g/mol. The summed E-state index contributed by atoms with van der Waals surface area (Å²) in [7, 11) is 0. The second-order valence-corrected chi connectivity index (χ2v) is 7.81. The second kappa shape index (κ2) is 7.11. The Morgan fingerprint density at radius 2 is 1.90 bits per heavy atom. The first-order valence-corrected chi connectivity index (χ1v) is 10.2. The minimum absolute atomic E-state index is 0.0299. The smallest absolute Gasteiger partial charge is 0.331 e. The maximum atomic E-state index is 12.7. The van der Waals surface area contributed by atoms with Crippen molar-refractivity contribution in [1.82, 2.24) is 4.57 Å². The van der Waals surface area contributed by atoms with Gasteiger partial charge in [-0.3, -0.25) is 4.79 Å². The van der Waals surface area contributed by atoms with Crippen LogP contribution in [0.1, 0.15) is 17.5 Å². The van der Waals surface area contributed by atoms with Crippen LogP contribution in [0, 0.1) is 0 Å². The van der Waals surface area contributed by atoms with Crippen LogP contribution < -0.4 is 0 Å². The molecule has 2 aromatic heterocycles. The molecule has 0 saturated carbocycles. The summed E-state index contributed by atoms with van der Waals surface area (Å²) < 4.78 is 8.27. The third-order valence-electron chi connectivity index (χ3n) is 5.17. The zero-order chi connectivity index (χ0) is 20.8. The van der Waals surface area contributed by atoms with Gasteiger partial charge in [0.25, 0.3) is 0 Å². The molecule has 0 unspecified atom stereocenters. The van der Waals surface area contributed by atoms with Gasteiger partial charge in [-0.1, -0.05) is 46.3 Å². The summed E-state index contributed by atoms with van der Waals surface area (Å²) in [6.45, 7) is 2.48. The molecule has 3 aromatic carbocycles. The van der Waals surface area contributed by atoms with Gasteiger partial charge in [0.05, 0.1) is 5.52 Å². The van der Waals surface area contributed by atoms with Crippen LogP contribution in [0.3, 0.4) is 0 Å². The number of nitrogens with zero attached hydrogens (tertiary/aromatic N) is 3. The SMILES string of the molecule is CCn1c(O)c(N=NC(=O)c2cc3c(ccc4ccccc43)o2)c2cc(Br)ccc21. The Hall–Kier alpha value is -3.45. The lowest BCUT2D eigenvalue weighted by Gasteiger charge is -2.01. The number of carbonyl (C=O) groups is 1. The van der Waals surface area contributed by atoms with Crippen LogP contribution in [0.25, 0.3) is 32.6 Å². The number of rotatable bonds is 3. The van der Waals surface area contributed by atoms with E-state index in [1.807, 2.05) is 61.5 Å². The van der Waals surface area contributed by atoms with Crippen molar-refractivity contribution in [1.29, 1.82) is 0 Å². The number of carbonyl (C=O) groups excluding carboxylic acids is 1. The van der Waals surface area contributed by atoms with Gasteiger partial charge in [0.2, 0.25) is 5.88 Å². The summed E-state index contributed by atoms with van der Waals surface area (Å²) in [6.07, 6.45) is 0. The molecule has 2 heterocycles. The minimum Gasteiger partial charge on any atom is -0.493 e. The van der Waals surface area contributed by atoms with Crippen molar-refractivity contribution in [3.8, 4) is 5.88 Å². The van der Waals surface area contributed by atoms with E-state index in [4.69, 9.17) is 4.42 Å². The fraction of sp³-hybridized carbons (Fsp3) is 0.0870. The number of azo groups is 1. The maximum absolute atomic E-state index is 12.7. The molecule has 0 spiro atoms. The topological polar surface area (TPSA) is 80.1 Å². The summed E-state index contributed by atoms with van der Waals surface area (Å²) in [6, 6.07) is 19.0. The molecule has 0 aliphatic rings. The molecule has 0 fully saturated rings. The van der Waals surface area contributed by atoms with E-state index in [-0.39, 0.29) is 17.3 Å². The van der Waals surface area contributed by atoms with Crippen molar-refractivity contribution in [3.63, 3.8) is 0 Å². The number of aromatic nitrogens is 1. The van der Waals surface area contributed by atoms with Gasteiger partial charge in [0, 0.05) is 21.8 Å². The summed E-state index contributed by atoms with van der Waals surface area (Å²) in [5, 5.41) is 22.1. The lowest BCUT2D eigenvalue weighted by Crippen LogP contribution is -1.91. The summed E-state index contributed by atoms with van der Waals surface area (Å²) >= 11 is 3.43. The van der Waals surface area contributed by atoms with Crippen molar-refractivity contribution < 1.29 is 14.3 Å². The Labute approximate surface area is 179 Å². The number of fused-ring (bicyclic) bond motifs is 4. The largest absolute Gasteiger partial charge is 0.493 e. The standard InChI is InChI=1S/C23H16BrN3O3/c1-2-27-18-9-8-14(24)11-17(18)21(23(27)29)25-26-22(28)20-12-16-15-6-4-3-5-13(15)7-10-19(16)30-20/h3-12,29H,2H2,1H3. The van der Waals surface area contributed by atoms with E-state index in [1.165, 1.54) is 0 Å². The first-order valence-electron chi connectivity index (χ1n) is 9.45. The highest BCUT2D eigenvalue weighted by Gasteiger charge is 2.18. The number of amides is 1. The molecular formula is C23H16BrN3O3. The van der Waals surface area contributed by atoms with Crippen LogP contribution >= 0.6 is 15.9 Å². The lowest BCUT2D eigenvalue weighted by molar-refractivity contribution is 0.0970. The van der Waals surface area contributed by atoms with Gasteiger partial charge < -0.3 is 14.1 Å². The van der Waals surface area contributed by atoms with Gasteiger partial charge >= 0.3 is 5.91 Å². The van der Waals surface area contributed by atoms with Crippen LogP contribution in [0.15, 0.2) is 79.8 Å². The van der Waals surface area contributed by atoms with Crippen molar-refractivity contribution in [2.45, 2.75) is 13.5 Å². The summed E-state index contributed by atoms with van der Waals surface area (Å²) in [5.41, 5.74) is 1.68. The molecule has 148 valence electrons. The molecule has 0 radical (unpaired) electrons. The summed E-state index contributed by atoms with van der Waals surface area (Å²) in [4.78, 5) is 12.7. The second-order valence-electron chi connectivity index (χ2n) is 6.89. The van der Waals surface area contributed by atoms with E-state index < -0.39 is 5.91 Å². The molecule has 1 N–H and O–H groups in total. The fourth-order valence-electron chi connectivity index (χ4n) is 3.76. The van der Waals surface area contributed by atoms with Gasteiger partial charge in [-0.25, -0.2) is 0 Å². The van der Waals surface area contributed by atoms with E-state index in [2.05, 4.69) is 26.2 Å². The van der Waals surface area contributed by atoms with Crippen molar-refractivity contribution in [2.24, 2.45) is 10.2 Å². The highest BCUT2D eigenvalue weighted by atomic mass is 79.9. The van der Waals surface area contributed by atoms with Crippen LogP contribution in [0.5, 0.6) is 5.88 Å². The van der Waals surface area contributed by atoms with E-state index in [0.29, 0.717) is 17.5 Å². The predicted octanol–water partition coefficient (Wildman–Crippen LogP) is 6.95. The van der Waals surface area contributed by atoms with E-state index in [0.717, 1.165) is 26.1 Å². The number of hydrogen-bond donors (Lipinski definition) is 1. The molecule has 6 nitrogen and oxygen atoms in total. The number of hydrogen-bond acceptors (Lipinski definition) is 4. The van der Waals surface area contributed by atoms with Crippen molar-refractivity contribution >= 4 is 60.2 Å². The van der Waals surface area contributed by atoms with Gasteiger partial charge in [-0.2, -0.15) is 0 Å². The van der Waals surface area contributed by atoms with Crippen LogP contribution in [0.4, 0.5) is 5.69 Å². The zero-order valence-corrected chi connectivity index (χ0v) is 17.5. The molecule has 5 rings (SSSR count). The molecule has 1 amide bonds. The monoisotopic (exact) mass is 461 g/mol. The molecule has 0 aliphatic carbocycles. The Kier molecular flexibility index (Phi) is 4.40. The number of aromatic hydroxyl groups is 1. The first-order chi connectivity index (χ1) is 14.6. The fourth-order valence-corrected chi connectivity index (χ4v) is 4.12. The summed E-state index contributed by atoms with van der Waals surface area (Å²) in [5.74, 6) is -0.537. The Morgan fingerprint density at radius 1 is 1.07 bits per heavy atom. The average molecular weight is 462 g/mol. The highest BCUT2D eigenvalue weighted by Crippen LogP contribution is 2.40. The van der Waals surface area contributed by atoms with Gasteiger partial charge in [-0.15, -0.1) is 10.2 Å². The van der Waals surface area contributed by atoms with E-state index in [1.54, 1.807) is 10.6 Å². The average Bonchev–Trinajstić information content (AvgIpc) is 3.30. The maximum Gasteiger partial charge on any atom is 0.331 e. The third-order valence-corrected chi connectivity index (χ3v) is 5.66. The van der Waals surface area contributed by atoms with Crippen molar-refractivity contribution in [3.05, 3.63) is 70.9 Å². The molecule has 0 aliphatic heterocycles. The Balaban J connectivity index is 1.57. The van der Waals surface area contributed by atoms with Crippen molar-refractivity contribution in [2.75, 3.05) is 0 Å². The molecule has 7 heteroatoms. The van der Waals surface area contributed by atoms with E-state index >= 15 is 0 Å². The quantitative estimate of drug-likeness (QED) is 0.295. The Bertz CT molecular complexity index is 1480. The van der Waals surface area contributed by atoms with Crippen LogP contribution in [-0.2, 0) is 6.54 Å². The molecule has 0 bridgehead atoms. The lowest BCUT2D eigenvalue weighted by atomic mass is 10.1. The van der Waals surface area contributed by atoms with Gasteiger partial charge in [0.15, 0.2) is 11.4 Å². The number of benzene rings is 3. The van der Waals surface area contributed by atoms with Crippen LogP contribution in [-0.4, -0.2) is 15.6 Å². The van der Waals surface area contributed by atoms with Gasteiger partial charge in [-0.05, 0) is 48.0 Å². The molecule has 5 aromatic rings. The molecule has 0 atom stereocenters. The highest BCUT2D eigenvalue weighted by molar-refractivity contribution is 9.10. The van der Waals surface area contributed by atoms with Gasteiger partial charge in [0.1, 0.15) is 5.58 Å². The molecule has 30 heavy (non-hydrogen) atoms. The normalized spacial score (nSPS) is 11.9. The molecule has 0 saturated heterocycles. The minimum atomic E-state index is -0.609. The Morgan fingerprint density at radius 3 is 2.73 bits per heavy atom. The van der Waals surface area contributed by atoms with E-state index in [9.17, 15) is 9.90 Å². The third kappa shape index (κ3) is 2.90. The first kappa shape index (κ1) is 18.6. The number of furan rings is 1. The van der Waals surface area contributed by atoms with Crippen LogP contribution in [0.2, 0.25) is 0 Å². The number of halogens is 1. The predicted molar refractivity (Wildman–Crippen MR) is 120 cm³/mol.